The molecular weight excluding hydrogens is 394 g/mol. The van der Waals surface area contributed by atoms with Gasteiger partial charge in [0.1, 0.15) is 5.56 Å². The summed E-state index contributed by atoms with van der Waals surface area (Å²) in [6.45, 7) is 3.13. The lowest BCUT2D eigenvalue weighted by molar-refractivity contribution is 0.103. The fraction of sp³-hybridized carbons (Fsp3) is 0.353. The van der Waals surface area contributed by atoms with Crippen molar-refractivity contribution in [2.45, 2.75) is 18.7 Å². The van der Waals surface area contributed by atoms with Crippen molar-refractivity contribution in [3.05, 3.63) is 39.5 Å². The molecule has 0 N–H and O–H groups in total. The van der Waals surface area contributed by atoms with E-state index >= 15 is 0 Å². The summed E-state index contributed by atoms with van der Waals surface area (Å²) in [5.41, 5.74) is 0.839. The van der Waals surface area contributed by atoms with Crippen LogP contribution in [0.15, 0.2) is 17.2 Å². The number of rotatable bonds is 4. The van der Waals surface area contributed by atoms with Gasteiger partial charge in [-0.15, -0.1) is 0 Å². The minimum atomic E-state index is -3.51. The van der Waals surface area contributed by atoms with Gasteiger partial charge < -0.3 is 9.64 Å². The molecule has 0 atom stereocenters. The van der Waals surface area contributed by atoms with E-state index in [-0.39, 0.29) is 26.9 Å². The molecule has 1 aromatic heterocycles. The van der Waals surface area contributed by atoms with Crippen molar-refractivity contribution in [1.29, 1.82) is 0 Å². The monoisotopic (exact) mass is 413 g/mol. The van der Waals surface area contributed by atoms with Crippen LogP contribution in [0.5, 0.6) is 5.88 Å². The summed E-state index contributed by atoms with van der Waals surface area (Å²) in [6, 6.07) is 1.42. The van der Waals surface area contributed by atoms with Crippen LogP contribution >= 0.6 is 11.6 Å². The quantitative estimate of drug-likeness (QED) is 0.713. The van der Waals surface area contributed by atoms with Crippen molar-refractivity contribution in [2.75, 3.05) is 20.4 Å². The predicted molar refractivity (Wildman–Crippen MR) is 100 cm³/mol. The average molecular weight is 414 g/mol. The highest BCUT2D eigenvalue weighted by Gasteiger charge is 2.27. The lowest BCUT2D eigenvalue weighted by Crippen LogP contribution is -2.26. The first kappa shape index (κ1) is 20.9. The number of benzene rings is 1. The molecule has 1 aromatic carbocycles. The third kappa shape index (κ3) is 3.98. The maximum atomic E-state index is 13.0. The van der Waals surface area contributed by atoms with Crippen LogP contribution in [-0.2, 0) is 16.9 Å². The van der Waals surface area contributed by atoms with Gasteiger partial charge in [0, 0.05) is 33.0 Å². The Morgan fingerprint density at radius 2 is 1.81 bits per heavy atom. The standard InChI is InChI=1S/C17H20ClN3O5S/c1-9-7-11(13(18)10(2)15(9)27(6,24)25)14(22)12-8-19-21(5)16(12)26-17(23)20(3)4/h7-8H,1-6H3. The number of carbonyl (C=O) groups is 2. The Bertz CT molecular complexity index is 1040. The third-order valence-electron chi connectivity index (χ3n) is 3.92. The van der Waals surface area contributed by atoms with Gasteiger partial charge >= 0.3 is 6.09 Å². The van der Waals surface area contributed by atoms with Crippen molar-refractivity contribution in [2.24, 2.45) is 7.05 Å². The van der Waals surface area contributed by atoms with Crippen LogP contribution < -0.4 is 4.74 Å². The Balaban J connectivity index is 2.59. The molecule has 0 aliphatic heterocycles. The molecule has 0 unspecified atom stereocenters. The second-order valence-corrected chi connectivity index (χ2v) is 8.69. The number of amides is 1. The van der Waals surface area contributed by atoms with E-state index in [1.165, 1.54) is 43.0 Å². The van der Waals surface area contributed by atoms with Gasteiger partial charge in [0.15, 0.2) is 9.84 Å². The summed E-state index contributed by atoms with van der Waals surface area (Å²) in [7, 11) is 1.03. The molecule has 146 valence electrons. The van der Waals surface area contributed by atoms with Crippen LogP contribution in [0.1, 0.15) is 27.0 Å². The van der Waals surface area contributed by atoms with Crippen LogP contribution in [0.2, 0.25) is 5.02 Å². The number of sulfone groups is 1. The molecule has 0 aliphatic carbocycles. The van der Waals surface area contributed by atoms with E-state index in [9.17, 15) is 18.0 Å². The third-order valence-corrected chi connectivity index (χ3v) is 5.78. The van der Waals surface area contributed by atoms with Gasteiger partial charge in [0.25, 0.3) is 0 Å². The van der Waals surface area contributed by atoms with Gasteiger partial charge in [-0.25, -0.2) is 17.9 Å². The topological polar surface area (TPSA) is 98.6 Å². The number of nitrogens with zero attached hydrogens (tertiary/aromatic N) is 3. The van der Waals surface area contributed by atoms with E-state index in [2.05, 4.69) is 5.10 Å². The maximum absolute atomic E-state index is 13.0. The smallest absolute Gasteiger partial charge is 0.391 e. The van der Waals surface area contributed by atoms with Crippen LogP contribution in [-0.4, -0.2) is 55.3 Å². The number of ether oxygens (including phenoxy) is 1. The SMILES string of the molecule is Cc1cc(C(=O)c2cnn(C)c2OC(=O)N(C)C)c(Cl)c(C)c1S(C)(=O)=O. The molecule has 0 radical (unpaired) electrons. The van der Waals surface area contributed by atoms with Crippen molar-refractivity contribution in [3.63, 3.8) is 0 Å². The van der Waals surface area contributed by atoms with Gasteiger partial charge in [-0.1, -0.05) is 11.6 Å². The highest BCUT2D eigenvalue weighted by molar-refractivity contribution is 7.90. The normalized spacial score (nSPS) is 11.4. The summed E-state index contributed by atoms with van der Waals surface area (Å²) in [4.78, 5) is 26.2. The van der Waals surface area contributed by atoms with E-state index in [1.807, 2.05) is 0 Å². The summed E-state index contributed by atoms with van der Waals surface area (Å²) < 4.78 is 30.5. The Kier molecular flexibility index (Phi) is 5.67. The summed E-state index contributed by atoms with van der Waals surface area (Å²) in [5.74, 6) is -0.557. The van der Waals surface area contributed by atoms with Gasteiger partial charge in [0.2, 0.25) is 11.7 Å². The van der Waals surface area contributed by atoms with Gasteiger partial charge in [-0.05, 0) is 31.0 Å². The largest absolute Gasteiger partial charge is 0.416 e. The first-order valence-electron chi connectivity index (χ1n) is 7.81. The summed E-state index contributed by atoms with van der Waals surface area (Å²) >= 11 is 6.31. The number of hydrogen-bond donors (Lipinski definition) is 0. The number of halogens is 1. The molecule has 0 fully saturated rings. The molecule has 2 aromatic rings. The zero-order valence-electron chi connectivity index (χ0n) is 15.8. The van der Waals surface area contributed by atoms with Crippen molar-refractivity contribution in [1.82, 2.24) is 14.7 Å². The number of ketones is 1. The highest BCUT2D eigenvalue weighted by Crippen LogP contribution is 2.33. The van der Waals surface area contributed by atoms with Gasteiger partial charge in [0.05, 0.1) is 16.1 Å². The fourth-order valence-corrected chi connectivity index (χ4v) is 4.29. The first-order valence-corrected chi connectivity index (χ1v) is 10.1. The number of aromatic nitrogens is 2. The number of hydrogen-bond acceptors (Lipinski definition) is 6. The minimum Gasteiger partial charge on any atom is -0.391 e. The summed E-state index contributed by atoms with van der Waals surface area (Å²) in [6.07, 6.45) is 1.69. The second-order valence-electron chi connectivity index (χ2n) is 6.36. The number of aryl methyl sites for hydroxylation is 2. The summed E-state index contributed by atoms with van der Waals surface area (Å²) in [5, 5.41) is 4.00. The predicted octanol–water partition coefficient (Wildman–Crippen LogP) is 2.39. The molecule has 10 heteroatoms. The number of carbonyl (C=O) groups excluding carboxylic acids is 2. The van der Waals surface area contributed by atoms with Crippen molar-refractivity contribution >= 4 is 33.3 Å². The second kappa shape index (κ2) is 7.32. The molecule has 0 spiro atoms. The molecule has 1 amide bonds. The Morgan fingerprint density at radius 3 is 2.33 bits per heavy atom. The van der Waals surface area contributed by atoms with Gasteiger partial charge in [-0.3, -0.25) is 4.79 Å². The minimum absolute atomic E-state index is 0.0276. The zero-order valence-corrected chi connectivity index (χ0v) is 17.4. The van der Waals surface area contributed by atoms with E-state index in [0.29, 0.717) is 11.1 Å². The van der Waals surface area contributed by atoms with Gasteiger partial charge in [-0.2, -0.15) is 5.10 Å². The van der Waals surface area contributed by atoms with Crippen molar-refractivity contribution < 1.29 is 22.7 Å². The van der Waals surface area contributed by atoms with E-state index < -0.39 is 21.7 Å². The van der Waals surface area contributed by atoms with Crippen LogP contribution in [0.4, 0.5) is 4.79 Å². The first-order chi connectivity index (χ1) is 12.4. The molecule has 1 heterocycles. The highest BCUT2D eigenvalue weighted by atomic mass is 35.5. The van der Waals surface area contributed by atoms with Crippen LogP contribution in [0.25, 0.3) is 0 Å². The molecule has 0 saturated heterocycles. The van der Waals surface area contributed by atoms with Crippen LogP contribution in [0, 0.1) is 13.8 Å². The zero-order chi connectivity index (χ0) is 20.7. The molecule has 2 rings (SSSR count). The Labute approximate surface area is 162 Å². The molecule has 0 aliphatic rings. The van der Waals surface area contributed by atoms with E-state index in [1.54, 1.807) is 13.8 Å². The van der Waals surface area contributed by atoms with E-state index in [0.717, 1.165) is 6.26 Å². The fourth-order valence-electron chi connectivity index (χ4n) is 2.70. The molecule has 0 saturated carbocycles. The van der Waals surface area contributed by atoms with Crippen molar-refractivity contribution in [3.8, 4) is 5.88 Å². The van der Waals surface area contributed by atoms with Crippen LogP contribution in [0.3, 0.4) is 0 Å². The molecule has 0 bridgehead atoms. The average Bonchev–Trinajstić information content (AvgIpc) is 2.89. The lowest BCUT2D eigenvalue weighted by Gasteiger charge is -2.14. The molecule has 27 heavy (non-hydrogen) atoms. The van der Waals surface area contributed by atoms with E-state index in [4.69, 9.17) is 16.3 Å². The molecular formula is C17H20ClN3O5S. The Hall–Kier alpha value is -2.39. The maximum Gasteiger partial charge on any atom is 0.416 e. The lowest BCUT2D eigenvalue weighted by atomic mass is 10.0. The molecule has 8 nitrogen and oxygen atoms in total. The Morgan fingerprint density at radius 1 is 1.22 bits per heavy atom.